The Morgan fingerprint density at radius 3 is 2.79 bits per heavy atom. The van der Waals surface area contributed by atoms with Crippen LogP contribution in [0.2, 0.25) is 0 Å². The van der Waals surface area contributed by atoms with E-state index in [1.807, 2.05) is 6.07 Å². The monoisotopic (exact) mass is 322 g/mol. The van der Waals surface area contributed by atoms with Crippen molar-refractivity contribution in [3.05, 3.63) is 70.7 Å². The Labute approximate surface area is 142 Å². The van der Waals surface area contributed by atoms with Gasteiger partial charge in [0.25, 0.3) is 0 Å². The van der Waals surface area contributed by atoms with Crippen LogP contribution in [0.25, 0.3) is 10.9 Å². The molecule has 1 aliphatic heterocycles. The molecule has 0 radical (unpaired) electrons. The van der Waals surface area contributed by atoms with Crippen LogP contribution in [-0.4, -0.2) is 11.1 Å². The van der Waals surface area contributed by atoms with Gasteiger partial charge in [0.15, 0.2) is 0 Å². The highest BCUT2D eigenvalue weighted by molar-refractivity contribution is 5.85. The smallest absolute Gasteiger partial charge is 0.123 e. The molecular weight excluding hydrogens is 299 g/mol. The van der Waals surface area contributed by atoms with Gasteiger partial charge in [0, 0.05) is 29.7 Å². The lowest BCUT2D eigenvalue weighted by Gasteiger charge is -2.11. The number of benzene rings is 2. The average Bonchev–Trinajstić information content (AvgIpc) is 2.74. The van der Waals surface area contributed by atoms with Gasteiger partial charge in [-0.2, -0.15) is 0 Å². The molecule has 0 bridgehead atoms. The predicted molar refractivity (Wildman–Crippen MR) is 96.8 cm³/mol. The van der Waals surface area contributed by atoms with Crippen LogP contribution in [0, 0.1) is 12.7 Å². The summed E-state index contributed by atoms with van der Waals surface area (Å²) in [5, 5.41) is 4.55. The minimum Gasteiger partial charge on any atom is -0.344 e. The highest BCUT2D eigenvalue weighted by Crippen LogP contribution is 2.29. The summed E-state index contributed by atoms with van der Waals surface area (Å²) < 4.78 is 16.2. The van der Waals surface area contributed by atoms with Gasteiger partial charge in [-0.05, 0) is 62.1 Å². The quantitative estimate of drug-likeness (QED) is 0.758. The fourth-order valence-electron chi connectivity index (χ4n) is 3.78. The summed E-state index contributed by atoms with van der Waals surface area (Å²) in [6, 6.07) is 14.0. The van der Waals surface area contributed by atoms with E-state index in [0.717, 1.165) is 49.8 Å². The average molecular weight is 322 g/mol. The molecule has 1 N–H and O–H groups in total. The maximum absolute atomic E-state index is 13.8. The summed E-state index contributed by atoms with van der Waals surface area (Å²) in [7, 11) is 0. The van der Waals surface area contributed by atoms with E-state index in [9.17, 15) is 4.39 Å². The minimum absolute atomic E-state index is 0.148. The number of hydrogen-bond acceptors (Lipinski definition) is 1. The second-order valence-electron chi connectivity index (χ2n) is 6.75. The Hall–Kier alpha value is -2.13. The molecule has 1 aliphatic rings. The Bertz CT molecular complexity index is 862. The van der Waals surface area contributed by atoms with Crippen LogP contribution in [0.5, 0.6) is 0 Å². The van der Waals surface area contributed by atoms with Crippen LogP contribution in [0.4, 0.5) is 4.39 Å². The van der Waals surface area contributed by atoms with Crippen LogP contribution in [0.1, 0.15) is 28.8 Å². The SMILES string of the molecule is Cc1ccc(CCn2c3c(c4cc(F)ccc42)CNCCC3)cc1. The van der Waals surface area contributed by atoms with Crippen molar-refractivity contribution in [1.29, 1.82) is 0 Å². The molecule has 0 aliphatic carbocycles. The molecule has 0 fully saturated rings. The van der Waals surface area contributed by atoms with E-state index >= 15 is 0 Å². The summed E-state index contributed by atoms with van der Waals surface area (Å²) in [5.74, 6) is -0.148. The first-order valence-corrected chi connectivity index (χ1v) is 8.78. The van der Waals surface area contributed by atoms with E-state index in [4.69, 9.17) is 0 Å². The molecule has 2 nitrogen and oxygen atoms in total. The van der Waals surface area contributed by atoms with Crippen molar-refractivity contribution < 1.29 is 4.39 Å². The van der Waals surface area contributed by atoms with Crippen molar-refractivity contribution in [2.24, 2.45) is 0 Å². The number of fused-ring (bicyclic) bond motifs is 3. The lowest BCUT2D eigenvalue weighted by molar-refractivity contribution is 0.628. The Morgan fingerprint density at radius 1 is 1.12 bits per heavy atom. The summed E-state index contributed by atoms with van der Waals surface area (Å²) in [4.78, 5) is 0. The van der Waals surface area contributed by atoms with Gasteiger partial charge in [-0.1, -0.05) is 29.8 Å². The van der Waals surface area contributed by atoms with Crippen molar-refractivity contribution in [3.63, 3.8) is 0 Å². The summed E-state index contributed by atoms with van der Waals surface area (Å²) >= 11 is 0. The molecule has 2 heterocycles. The fraction of sp³-hybridized carbons (Fsp3) is 0.333. The highest BCUT2D eigenvalue weighted by Gasteiger charge is 2.19. The van der Waals surface area contributed by atoms with Crippen LogP contribution in [0.3, 0.4) is 0 Å². The lowest BCUT2D eigenvalue weighted by Crippen LogP contribution is -2.11. The zero-order chi connectivity index (χ0) is 16.5. The molecule has 3 heteroatoms. The maximum atomic E-state index is 13.8. The van der Waals surface area contributed by atoms with E-state index in [-0.39, 0.29) is 5.82 Å². The highest BCUT2D eigenvalue weighted by atomic mass is 19.1. The number of hydrogen-bond donors (Lipinski definition) is 1. The number of nitrogens with one attached hydrogen (secondary N) is 1. The molecule has 4 rings (SSSR count). The Kier molecular flexibility index (Phi) is 4.11. The number of aromatic nitrogens is 1. The van der Waals surface area contributed by atoms with E-state index in [1.54, 1.807) is 12.1 Å². The normalized spacial score (nSPS) is 14.6. The zero-order valence-electron chi connectivity index (χ0n) is 14.1. The molecule has 2 aromatic carbocycles. The molecule has 24 heavy (non-hydrogen) atoms. The Balaban J connectivity index is 1.73. The minimum atomic E-state index is -0.148. The van der Waals surface area contributed by atoms with Gasteiger partial charge in [0.2, 0.25) is 0 Å². The van der Waals surface area contributed by atoms with E-state index in [0.29, 0.717) is 0 Å². The maximum Gasteiger partial charge on any atom is 0.123 e. The van der Waals surface area contributed by atoms with Crippen molar-refractivity contribution in [3.8, 4) is 0 Å². The summed E-state index contributed by atoms with van der Waals surface area (Å²) in [6.45, 7) is 4.93. The van der Waals surface area contributed by atoms with Gasteiger partial charge in [-0.25, -0.2) is 4.39 Å². The van der Waals surface area contributed by atoms with E-state index in [1.165, 1.54) is 22.4 Å². The second-order valence-corrected chi connectivity index (χ2v) is 6.75. The van der Waals surface area contributed by atoms with Crippen molar-refractivity contribution in [2.45, 2.75) is 39.3 Å². The van der Waals surface area contributed by atoms with Crippen LogP contribution in [-0.2, 0) is 25.9 Å². The van der Waals surface area contributed by atoms with Gasteiger partial charge in [0.05, 0.1) is 0 Å². The van der Waals surface area contributed by atoms with Crippen LogP contribution in [0.15, 0.2) is 42.5 Å². The van der Waals surface area contributed by atoms with Crippen LogP contribution < -0.4 is 5.32 Å². The molecule has 0 amide bonds. The molecule has 3 aromatic rings. The van der Waals surface area contributed by atoms with Gasteiger partial charge in [-0.15, -0.1) is 0 Å². The fourth-order valence-corrected chi connectivity index (χ4v) is 3.78. The van der Waals surface area contributed by atoms with Gasteiger partial charge < -0.3 is 9.88 Å². The summed E-state index contributed by atoms with van der Waals surface area (Å²) in [5.41, 5.74) is 6.47. The van der Waals surface area contributed by atoms with Gasteiger partial charge >= 0.3 is 0 Å². The number of rotatable bonds is 3. The largest absolute Gasteiger partial charge is 0.344 e. The zero-order valence-corrected chi connectivity index (χ0v) is 14.1. The topological polar surface area (TPSA) is 17.0 Å². The lowest BCUT2D eigenvalue weighted by atomic mass is 10.1. The molecule has 0 atom stereocenters. The number of aryl methyl sites for hydroxylation is 3. The van der Waals surface area contributed by atoms with E-state index < -0.39 is 0 Å². The molecule has 1 aromatic heterocycles. The molecular formula is C21H23FN2. The first kappa shape index (κ1) is 15.4. The third-order valence-electron chi connectivity index (χ3n) is 5.06. The van der Waals surface area contributed by atoms with Gasteiger partial charge in [-0.3, -0.25) is 0 Å². The number of halogens is 1. The predicted octanol–water partition coefficient (Wildman–Crippen LogP) is 4.37. The molecule has 0 unspecified atom stereocenters. The summed E-state index contributed by atoms with van der Waals surface area (Å²) in [6.07, 6.45) is 3.20. The third kappa shape index (κ3) is 2.84. The number of nitrogens with zero attached hydrogens (tertiary/aromatic N) is 1. The molecule has 124 valence electrons. The van der Waals surface area contributed by atoms with Crippen molar-refractivity contribution in [1.82, 2.24) is 9.88 Å². The van der Waals surface area contributed by atoms with Crippen molar-refractivity contribution in [2.75, 3.05) is 6.54 Å². The standard InChI is InChI=1S/C21H23FN2/c1-15-4-6-16(7-5-15)10-12-24-20-3-2-11-23-14-19(20)18-13-17(22)8-9-21(18)24/h4-9,13,23H,2-3,10-12,14H2,1H3. The third-order valence-corrected chi connectivity index (χ3v) is 5.06. The van der Waals surface area contributed by atoms with E-state index in [2.05, 4.69) is 41.1 Å². The van der Waals surface area contributed by atoms with Crippen molar-refractivity contribution >= 4 is 10.9 Å². The van der Waals surface area contributed by atoms with Gasteiger partial charge in [0.1, 0.15) is 5.82 Å². The van der Waals surface area contributed by atoms with Crippen LogP contribution >= 0.6 is 0 Å². The molecule has 0 saturated heterocycles. The molecule has 0 spiro atoms. The molecule has 0 saturated carbocycles. The first-order valence-electron chi connectivity index (χ1n) is 8.78. The first-order chi connectivity index (χ1) is 11.7. The Morgan fingerprint density at radius 2 is 1.96 bits per heavy atom. The second kappa shape index (κ2) is 6.40.